The minimum absolute atomic E-state index is 0.634. The molecule has 0 aliphatic heterocycles. The standard InChI is InChI=1S/C20H32/c1-4-6-7-14-20(3)15-12-19(13-16-20)18-10-8-17(5-2)9-11-18/h8-11,19H,4-7,12-16H2,1-3H3. The van der Waals surface area contributed by atoms with Crippen LogP contribution in [0.25, 0.3) is 0 Å². The highest BCUT2D eigenvalue weighted by atomic mass is 14.4. The first-order valence-corrected chi connectivity index (χ1v) is 8.75. The maximum absolute atomic E-state index is 2.53. The van der Waals surface area contributed by atoms with E-state index in [1.54, 1.807) is 5.56 Å². The molecule has 0 amide bonds. The van der Waals surface area contributed by atoms with E-state index < -0.39 is 0 Å². The number of rotatable bonds is 6. The molecular formula is C20H32. The largest absolute Gasteiger partial charge is 0.0654 e. The fraction of sp³-hybridized carbons (Fsp3) is 0.700. The van der Waals surface area contributed by atoms with Gasteiger partial charge in [-0.3, -0.25) is 0 Å². The van der Waals surface area contributed by atoms with Crippen LogP contribution in [0.1, 0.15) is 89.2 Å². The van der Waals surface area contributed by atoms with E-state index >= 15 is 0 Å². The summed E-state index contributed by atoms with van der Waals surface area (Å²) in [6.45, 7) is 7.07. The Kier molecular flexibility index (Phi) is 5.69. The van der Waals surface area contributed by atoms with Gasteiger partial charge in [0.2, 0.25) is 0 Å². The number of hydrogen-bond acceptors (Lipinski definition) is 0. The first-order valence-electron chi connectivity index (χ1n) is 8.75. The second-order valence-corrected chi connectivity index (χ2v) is 7.14. The molecule has 0 bridgehead atoms. The molecule has 1 fully saturated rings. The van der Waals surface area contributed by atoms with Crippen LogP contribution in [0.3, 0.4) is 0 Å². The Morgan fingerprint density at radius 3 is 2.20 bits per heavy atom. The van der Waals surface area contributed by atoms with Crippen LogP contribution in [0.2, 0.25) is 0 Å². The van der Waals surface area contributed by atoms with E-state index in [0.29, 0.717) is 5.41 Å². The summed E-state index contributed by atoms with van der Waals surface area (Å²) >= 11 is 0. The molecule has 0 heterocycles. The minimum atomic E-state index is 0.634. The summed E-state index contributed by atoms with van der Waals surface area (Å²) in [7, 11) is 0. The van der Waals surface area contributed by atoms with Crippen molar-refractivity contribution in [2.24, 2.45) is 5.41 Å². The average Bonchev–Trinajstić information content (AvgIpc) is 2.48. The lowest BCUT2D eigenvalue weighted by Crippen LogP contribution is -2.23. The van der Waals surface area contributed by atoms with Gasteiger partial charge in [-0.25, -0.2) is 0 Å². The lowest BCUT2D eigenvalue weighted by atomic mass is 9.68. The summed E-state index contributed by atoms with van der Waals surface area (Å²) in [4.78, 5) is 0. The molecule has 0 heteroatoms. The first-order chi connectivity index (χ1) is 9.67. The van der Waals surface area contributed by atoms with Crippen molar-refractivity contribution in [2.45, 2.75) is 84.5 Å². The van der Waals surface area contributed by atoms with Crippen molar-refractivity contribution in [1.29, 1.82) is 0 Å². The maximum Gasteiger partial charge on any atom is -0.0162 e. The van der Waals surface area contributed by atoms with E-state index in [2.05, 4.69) is 45.0 Å². The molecule has 0 unspecified atom stereocenters. The van der Waals surface area contributed by atoms with Gasteiger partial charge in [0.05, 0.1) is 0 Å². The molecule has 0 saturated heterocycles. The van der Waals surface area contributed by atoms with Crippen LogP contribution in [-0.2, 0) is 6.42 Å². The molecule has 2 rings (SSSR count). The lowest BCUT2D eigenvalue weighted by Gasteiger charge is -2.38. The van der Waals surface area contributed by atoms with Gasteiger partial charge in [-0.2, -0.15) is 0 Å². The minimum Gasteiger partial charge on any atom is -0.0654 e. The molecule has 1 saturated carbocycles. The molecule has 1 aromatic carbocycles. The summed E-state index contributed by atoms with van der Waals surface area (Å²) in [5.41, 5.74) is 3.68. The SMILES string of the molecule is CCCCCC1(C)CCC(c2ccc(CC)cc2)CC1. The molecule has 0 aromatic heterocycles. The molecule has 0 atom stereocenters. The second kappa shape index (κ2) is 7.29. The summed E-state index contributed by atoms with van der Waals surface area (Å²) < 4.78 is 0. The Balaban J connectivity index is 1.86. The van der Waals surface area contributed by atoms with Gasteiger partial charge in [-0.15, -0.1) is 0 Å². The fourth-order valence-electron chi connectivity index (χ4n) is 3.73. The van der Waals surface area contributed by atoms with E-state index in [9.17, 15) is 0 Å². The summed E-state index contributed by atoms with van der Waals surface area (Å²) in [6.07, 6.45) is 12.4. The third kappa shape index (κ3) is 4.11. The molecule has 1 aromatic rings. The number of benzene rings is 1. The zero-order chi connectivity index (χ0) is 14.4. The van der Waals surface area contributed by atoms with Crippen molar-refractivity contribution in [3.05, 3.63) is 35.4 Å². The Hall–Kier alpha value is -0.780. The van der Waals surface area contributed by atoms with E-state index in [-0.39, 0.29) is 0 Å². The van der Waals surface area contributed by atoms with Gasteiger partial charge >= 0.3 is 0 Å². The summed E-state index contributed by atoms with van der Waals surface area (Å²) in [6, 6.07) is 9.40. The van der Waals surface area contributed by atoms with Gasteiger partial charge in [0.25, 0.3) is 0 Å². The quantitative estimate of drug-likeness (QED) is 0.519. The molecule has 0 nitrogen and oxygen atoms in total. The maximum atomic E-state index is 2.53. The van der Waals surface area contributed by atoms with Crippen molar-refractivity contribution in [3.8, 4) is 0 Å². The molecular weight excluding hydrogens is 240 g/mol. The van der Waals surface area contributed by atoms with Crippen LogP contribution in [0.4, 0.5) is 0 Å². The topological polar surface area (TPSA) is 0 Å². The highest BCUT2D eigenvalue weighted by Crippen LogP contribution is 2.45. The average molecular weight is 272 g/mol. The van der Waals surface area contributed by atoms with E-state index in [1.807, 2.05) is 0 Å². The Labute approximate surface area is 126 Å². The normalized spacial score (nSPS) is 26.6. The monoisotopic (exact) mass is 272 g/mol. The molecule has 1 aliphatic rings. The zero-order valence-corrected chi connectivity index (χ0v) is 13.8. The summed E-state index contributed by atoms with van der Waals surface area (Å²) in [5.74, 6) is 0.820. The predicted molar refractivity (Wildman–Crippen MR) is 89.3 cm³/mol. The van der Waals surface area contributed by atoms with Crippen LogP contribution in [0.5, 0.6) is 0 Å². The highest BCUT2D eigenvalue weighted by Gasteiger charge is 2.30. The Morgan fingerprint density at radius 2 is 1.65 bits per heavy atom. The Morgan fingerprint density at radius 1 is 1.00 bits per heavy atom. The van der Waals surface area contributed by atoms with E-state index in [4.69, 9.17) is 0 Å². The van der Waals surface area contributed by atoms with Gasteiger partial charge in [-0.05, 0) is 61.0 Å². The van der Waals surface area contributed by atoms with Crippen LogP contribution < -0.4 is 0 Å². The smallest absolute Gasteiger partial charge is 0.0162 e. The van der Waals surface area contributed by atoms with Crippen molar-refractivity contribution >= 4 is 0 Å². The van der Waals surface area contributed by atoms with Crippen molar-refractivity contribution < 1.29 is 0 Å². The van der Waals surface area contributed by atoms with Crippen LogP contribution >= 0.6 is 0 Å². The van der Waals surface area contributed by atoms with Crippen molar-refractivity contribution in [1.82, 2.24) is 0 Å². The Bertz CT molecular complexity index is 379. The van der Waals surface area contributed by atoms with Gasteiger partial charge < -0.3 is 0 Å². The van der Waals surface area contributed by atoms with E-state index in [1.165, 1.54) is 56.9 Å². The molecule has 0 N–H and O–H groups in total. The van der Waals surface area contributed by atoms with Gasteiger partial charge in [-0.1, -0.05) is 64.3 Å². The zero-order valence-electron chi connectivity index (χ0n) is 13.8. The second-order valence-electron chi connectivity index (χ2n) is 7.14. The fourth-order valence-corrected chi connectivity index (χ4v) is 3.73. The van der Waals surface area contributed by atoms with Crippen LogP contribution in [0.15, 0.2) is 24.3 Å². The highest BCUT2D eigenvalue weighted by molar-refractivity contribution is 5.25. The van der Waals surface area contributed by atoms with Gasteiger partial charge in [0, 0.05) is 0 Å². The summed E-state index contributed by atoms with van der Waals surface area (Å²) in [5, 5.41) is 0. The van der Waals surface area contributed by atoms with Crippen molar-refractivity contribution in [2.75, 3.05) is 0 Å². The molecule has 1 aliphatic carbocycles. The molecule has 20 heavy (non-hydrogen) atoms. The number of unbranched alkanes of at least 4 members (excludes halogenated alkanes) is 2. The molecule has 112 valence electrons. The third-order valence-corrected chi connectivity index (χ3v) is 5.44. The molecule has 0 radical (unpaired) electrons. The number of aryl methyl sites for hydroxylation is 1. The van der Waals surface area contributed by atoms with Gasteiger partial charge in [0.1, 0.15) is 0 Å². The van der Waals surface area contributed by atoms with Crippen LogP contribution in [0, 0.1) is 5.41 Å². The van der Waals surface area contributed by atoms with E-state index in [0.717, 1.165) is 12.3 Å². The third-order valence-electron chi connectivity index (χ3n) is 5.44. The predicted octanol–water partition coefficient (Wildman–Crippen LogP) is 6.49. The van der Waals surface area contributed by atoms with Crippen LogP contribution in [-0.4, -0.2) is 0 Å². The van der Waals surface area contributed by atoms with Gasteiger partial charge in [0.15, 0.2) is 0 Å². The number of hydrogen-bond donors (Lipinski definition) is 0. The first kappa shape index (κ1) is 15.6. The lowest BCUT2D eigenvalue weighted by molar-refractivity contribution is 0.178. The van der Waals surface area contributed by atoms with Crippen molar-refractivity contribution in [3.63, 3.8) is 0 Å². The molecule has 0 spiro atoms.